The van der Waals surface area contributed by atoms with E-state index >= 15 is 0 Å². The largest absolute Gasteiger partial charge is 0.375 e. The lowest BCUT2D eigenvalue weighted by molar-refractivity contribution is -0.143. The summed E-state index contributed by atoms with van der Waals surface area (Å²) in [6, 6.07) is 11.0. The van der Waals surface area contributed by atoms with Gasteiger partial charge in [-0.3, -0.25) is 4.79 Å². The summed E-state index contributed by atoms with van der Waals surface area (Å²) >= 11 is 1.47. The Hall–Kier alpha value is -3.76. The van der Waals surface area contributed by atoms with Crippen molar-refractivity contribution in [1.29, 1.82) is 0 Å². The number of likely N-dealkylation sites (tertiary alicyclic amines) is 1. The quantitative estimate of drug-likeness (QED) is 0.467. The van der Waals surface area contributed by atoms with Gasteiger partial charge >= 0.3 is 0 Å². The van der Waals surface area contributed by atoms with Crippen LogP contribution < -0.4 is 5.32 Å². The first-order valence-corrected chi connectivity index (χ1v) is 11.2. The number of nitrogens with zero attached hydrogens (tertiary/aromatic N) is 6. The molecule has 1 atom stereocenters. The smallest absolute Gasteiger partial charge is 0.258 e. The summed E-state index contributed by atoms with van der Waals surface area (Å²) in [5.74, 6) is 0.744. The number of hydrogen-bond acceptors (Lipinski definition) is 9. The average molecular weight is 460 g/mol. The van der Waals surface area contributed by atoms with Crippen molar-refractivity contribution in [1.82, 2.24) is 29.8 Å². The maximum Gasteiger partial charge on any atom is 0.258 e. The molecular weight excluding hydrogens is 438 g/mol. The van der Waals surface area contributed by atoms with Crippen molar-refractivity contribution in [3.8, 4) is 22.0 Å². The number of thiazole rings is 1. The Morgan fingerprint density at radius 1 is 1.12 bits per heavy atom. The fourth-order valence-electron chi connectivity index (χ4n) is 3.75. The molecule has 166 valence electrons. The molecule has 0 spiro atoms. The highest BCUT2D eigenvalue weighted by Crippen LogP contribution is 2.36. The lowest BCUT2D eigenvalue weighted by atomic mass is 9.91. The molecule has 0 bridgehead atoms. The van der Waals surface area contributed by atoms with Crippen LogP contribution in [0.25, 0.3) is 22.0 Å². The van der Waals surface area contributed by atoms with Gasteiger partial charge in [0, 0.05) is 48.9 Å². The Kier molecular flexibility index (Phi) is 5.31. The fraction of sp³-hybridized carbons (Fsp3) is 0.217. The summed E-state index contributed by atoms with van der Waals surface area (Å²) in [4.78, 5) is 35.8. The predicted molar refractivity (Wildman–Crippen MR) is 125 cm³/mol. The van der Waals surface area contributed by atoms with Crippen molar-refractivity contribution in [3.05, 3.63) is 65.6 Å². The van der Waals surface area contributed by atoms with Gasteiger partial charge in [0.1, 0.15) is 22.8 Å². The number of nitrogens with one attached hydrogen (secondary N) is 1. The second-order valence-corrected chi connectivity index (χ2v) is 8.75. The fourth-order valence-corrected chi connectivity index (χ4v) is 4.56. The first-order chi connectivity index (χ1) is 15.9. The first-order valence-electron chi connectivity index (χ1n) is 10.4. The Morgan fingerprint density at radius 3 is 2.79 bits per heavy atom. The number of likely N-dealkylation sites (N-methyl/N-ethyl adjacent to an activating group) is 1. The zero-order valence-corrected chi connectivity index (χ0v) is 18.9. The summed E-state index contributed by atoms with van der Waals surface area (Å²) in [6.07, 6.45) is 3.52. The minimum atomic E-state index is -1.49. The molecule has 0 radical (unpaired) electrons. The third-order valence-corrected chi connectivity index (χ3v) is 6.45. The molecule has 1 saturated heterocycles. The molecule has 5 rings (SSSR count). The zero-order valence-electron chi connectivity index (χ0n) is 18.1. The van der Waals surface area contributed by atoms with Crippen molar-refractivity contribution >= 4 is 29.0 Å². The molecule has 4 heterocycles. The number of carbonyl (C=O) groups excluding carboxylic acids is 1. The van der Waals surface area contributed by atoms with Gasteiger partial charge in [0.2, 0.25) is 5.95 Å². The molecule has 33 heavy (non-hydrogen) atoms. The van der Waals surface area contributed by atoms with Gasteiger partial charge in [-0.25, -0.2) is 24.9 Å². The van der Waals surface area contributed by atoms with Crippen molar-refractivity contribution in [2.75, 3.05) is 18.9 Å². The number of rotatable bonds is 5. The molecular formula is C23H21N7O2S. The van der Waals surface area contributed by atoms with E-state index in [1.54, 1.807) is 30.3 Å². The van der Waals surface area contributed by atoms with Crippen LogP contribution in [0.15, 0.2) is 54.3 Å². The standard InChI is InChI=1S/C23H21N7O2S/c1-14-10-19(26-13-25-14)29-22-24-8-6-17(28-22)18-12-33-20(27-18)15-4-3-5-16(11-15)23(32)7-9-30(2)21(23)31/h3-6,8,10-13,32H,7,9H2,1-2H3,(H,24,25,26,28,29). The van der Waals surface area contributed by atoms with E-state index in [-0.39, 0.29) is 5.91 Å². The van der Waals surface area contributed by atoms with Crippen LogP contribution in [0.1, 0.15) is 17.7 Å². The molecule has 2 N–H and O–H groups in total. The predicted octanol–water partition coefficient (Wildman–Crippen LogP) is 3.16. The van der Waals surface area contributed by atoms with E-state index in [1.165, 1.54) is 17.7 Å². The summed E-state index contributed by atoms with van der Waals surface area (Å²) in [5, 5.41) is 16.8. The van der Waals surface area contributed by atoms with E-state index < -0.39 is 5.60 Å². The van der Waals surface area contributed by atoms with Crippen LogP contribution in [0.4, 0.5) is 11.8 Å². The highest BCUT2D eigenvalue weighted by atomic mass is 32.1. The molecule has 1 aliphatic rings. The normalized spacial score (nSPS) is 18.0. The topological polar surface area (TPSA) is 117 Å². The number of aromatic nitrogens is 5. The Labute approximate surface area is 194 Å². The van der Waals surface area contributed by atoms with E-state index in [9.17, 15) is 9.90 Å². The highest BCUT2D eigenvalue weighted by molar-refractivity contribution is 7.13. The molecule has 9 nitrogen and oxygen atoms in total. The van der Waals surface area contributed by atoms with Crippen molar-refractivity contribution in [2.24, 2.45) is 0 Å². The molecule has 1 aromatic carbocycles. The van der Waals surface area contributed by atoms with E-state index in [1.807, 2.05) is 36.6 Å². The van der Waals surface area contributed by atoms with Crippen LogP contribution in [0.5, 0.6) is 0 Å². The number of anilines is 2. The molecule has 0 saturated carbocycles. The van der Waals surface area contributed by atoms with Crippen LogP contribution in [-0.4, -0.2) is 54.4 Å². The summed E-state index contributed by atoms with van der Waals surface area (Å²) in [6.45, 7) is 2.41. The second-order valence-electron chi connectivity index (χ2n) is 7.89. The number of amides is 1. The van der Waals surface area contributed by atoms with Gasteiger partial charge in [-0.2, -0.15) is 0 Å². The van der Waals surface area contributed by atoms with Gasteiger partial charge < -0.3 is 15.3 Å². The van der Waals surface area contributed by atoms with E-state index in [0.717, 1.165) is 16.3 Å². The summed E-state index contributed by atoms with van der Waals surface area (Å²) in [5.41, 5.74) is 2.15. The van der Waals surface area contributed by atoms with Crippen molar-refractivity contribution in [2.45, 2.75) is 18.9 Å². The molecule has 1 amide bonds. The van der Waals surface area contributed by atoms with Gasteiger partial charge in [0.15, 0.2) is 5.60 Å². The van der Waals surface area contributed by atoms with E-state index in [4.69, 9.17) is 4.98 Å². The lowest BCUT2D eigenvalue weighted by Crippen LogP contribution is -2.36. The maximum atomic E-state index is 12.5. The van der Waals surface area contributed by atoms with Crippen LogP contribution >= 0.6 is 11.3 Å². The van der Waals surface area contributed by atoms with Crippen LogP contribution in [0.3, 0.4) is 0 Å². The average Bonchev–Trinajstić information content (AvgIpc) is 3.42. The van der Waals surface area contributed by atoms with E-state index in [2.05, 4.69) is 25.3 Å². The minimum Gasteiger partial charge on any atom is -0.375 e. The molecule has 3 aromatic heterocycles. The van der Waals surface area contributed by atoms with Gasteiger partial charge in [0.25, 0.3) is 5.91 Å². The molecule has 1 aliphatic heterocycles. The number of hydrogen-bond donors (Lipinski definition) is 2. The molecule has 10 heteroatoms. The third kappa shape index (κ3) is 4.06. The summed E-state index contributed by atoms with van der Waals surface area (Å²) in [7, 11) is 1.70. The molecule has 4 aromatic rings. The van der Waals surface area contributed by atoms with Gasteiger partial charge in [-0.05, 0) is 24.6 Å². The second kappa shape index (κ2) is 8.30. The zero-order chi connectivity index (χ0) is 23.0. The summed E-state index contributed by atoms with van der Waals surface area (Å²) < 4.78 is 0. The SMILES string of the molecule is Cc1cc(Nc2nccc(-c3csc(-c4cccc(C5(O)CCN(C)C5=O)c4)n3)n2)ncn1. The van der Waals surface area contributed by atoms with Crippen LogP contribution in [-0.2, 0) is 10.4 Å². The van der Waals surface area contributed by atoms with Gasteiger partial charge in [0.05, 0.1) is 5.69 Å². The van der Waals surface area contributed by atoms with Crippen molar-refractivity contribution in [3.63, 3.8) is 0 Å². The Bertz CT molecular complexity index is 1340. The number of benzene rings is 1. The molecule has 1 unspecified atom stereocenters. The van der Waals surface area contributed by atoms with Crippen LogP contribution in [0.2, 0.25) is 0 Å². The van der Waals surface area contributed by atoms with Gasteiger partial charge in [-0.1, -0.05) is 18.2 Å². The molecule has 0 aliphatic carbocycles. The number of aryl methyl sites for hydroxylation is 1. The number of carbonyl (C=O) groups is 1. The van der Waals surface area contributed by atoms with Crippen molar-refractivity contribution < 1.29 is 9.90 Å². The minimum absolute atomic E-state index is 0.278. The Morgan fingerprint density at radius 2 is 2.00 bits per heavy atom. The van der Waals surface area contributed by atoms with Gasteiger partial charge in [-0.15, -0.1) is 11.3 Å². The molecule has 1 fully saturated rings. The van der Waals surface area contributed by atoms with E-state index in [0.29, 0.717) is 41.7 Å². The maximum absolute atomic E-state index is 12.5. The Balaban J connectivity index is 1.41. The van der Waals surface area contributed by atoms with Crippen LogP contribution in [0, 0.1) is 6.92 Å². The first kappa shape index (κ1) is 21.1. The number of aliphatic hydroxyl groups is 1. The monoisotopic (exact) mass is 459 g/mol. The lowest BCUT2D eigenvalue weighted by Gasteiger charge is -2.21. The third-order valence-electron chi connectivity index (χ3n) is 5.56. The highest BCUT2D eigenvalue weighted by Gasteiger charge is 2.45.